The molecule has 0 radical (unpaired) electrons. The van der Waals surface area contributed by atoms with Crippen molar-refractivity contribution in [1.82, 2.24) is 0 Å². The van der Waals surface area contributed by atoms with E-state index in [2.05, 4.69) is 6.92 Å². The van der Waals surface area contributed by atoms with Crippen LogP contribution >= 0.6 is 0 Å². The Morgan fingerprint density at radius 3 is 2.83 bits per heavy atom. The third kappa shape index (κ3) is 2.20. The summed E-state index contributed by atoms with van der Waals surface area (Å²) in [5, 5.41) is 18.8. The van der Waals surface area contributed by atoms with Crippen LogP contribution < -0.4 is 0 Å². The normalized spacial score (nSPS) is 36.8. The van der Waals surface area contributed by atoms with Crippen LogP contribution in [0.15, 0.2) is 0 Å². The fraction of sp³-hybridized carbons (Fsp3) is 1.00. The number of aliphatic hydroxyl groups excluding tert-OH is 1. The number of hydrogen-bond donors (Lipinski definition) is 2. The largest absolute Gasteiger partial charge is 0.396 e. The van der Waals surface area contributed by atoms with E-state index in [1.165, 1.54) is 6.42 Å². The van der Waals surface area contributed by atoms with Crippen molar-refractivity contribution in [2.24, 2.45) is 5.92 Å². The van der Waals surface area contributed by atoms with Crippen LogP contribution in [0.25, 0.3) is 0 Å². The monoisotopic (exact) mass is 174 g/mol. The van der Waals surface area contributed by atoms with Crippen LogP contribution in [0.5, 0.6) is 0 Å². The van der Waals surface area contributed by atoms with E-state index in [4.69, 9.17) is 5.11 Å². The molecule has 0 amide bonds. The van der Waals surface area contributed by atoms with Crippen LogP contribution in [0, 0.1) is 5.92 Å². The molecule has 2 N–H and O–H groups in total. The van der Waals surface area contributed by atoms with E-state index in [0.29, 0.717) is 5.92 Å². The molecule has 1 saturated carbocycles. The van der Waals surface area contributed by atoms with Crippen molar-refractivity contribution in [3.05, 3.63) is 0 Å². The predicted octanol–water partition coefficient (Wildman–Crippen LogP) is 1.70. The molecule has 1 aliphatic carbocycles. The maximum absolute atomic E-state index is 10.2. The smallest absolute Gasteiger partial charge is 0.0674 e. The summed E-state index contributed by atoms with van der Waals surface area (Å²) < 4.78 is 0. The highest BCUT2D eigenvalue weighted by atomic mass is 18.2. The van der Waals surface area contributed by atoms with Crippen molar-refractivity contribution in [1.29, 1.82) is 0 Å². The second-order valence-corrected chi connectivity index (χ2v) is 4.08. The quantitative estimate of drug-likeness (QED) is 0.639. The molecule has 0 aliphatic heterocycles. The van der Waals surface area contributed by atoms with E-state index >= 15 is 0 Å². The molecule has 0 spiro atoms. The lowest BCUT2D eigenvalue weighted by Gasteiger charge is -2.38. The van der Waals surface area contributed by atoms with E-state index in [0.717, 1.165) is 32.1 Å². The maximum Gasteiger partial charge on any atom is 0.0674 e. The van der Waals surface area contributed by atoms with Gasteiger partial charge in [-0.3, -0.25) is 0 Å². The fourth-order valence-corrected chi connectivity index (χ4v) is 2.15. The van der Waals surface area contributed by atoms with Gasteiger partial charge in [0.2, 0.25) is 0 Å². The van der Waals surface area contributed by atoms with Gasteiger partial charge in [0.15, 0.2) is 0 Å². The molecule has 0 bridgehead atoms. The van der Waals surface area contributed by atoms with Gasteiger partial charge in [0.1, 0.15) is 0 Å². The Hall–Kier alpha value is -0.0800. The third-order valence-corrected chi connectivity index (χ3v) is 3.18. The van der Waals surface area contributed by atoms with Gasteiger partial charge in [-0.05, 0) is 31.6 Å². The predicted molar refractivity (Wildman–Crippen MR) is 48.9 cm³/mol. The molecule has 1 rings (SSSR count). The van der Waals surface area contributed by atoms with E-state index in [-0.39, 0.29) is 6.61 Å². The molecule has 1 fully saturated rings. The number of rotatable bonds is 3. The van der Waals surface area contributed by atoms with Gasteiger partial charge in [-0.25, -0.2) is 0 Å². The summed E-state index contributed by atoms with van der Waals surface area (Å²) in [6.45, 7) is 2.32. The van der Waals surface area contributed by atoms with E-state index in [9.17, 15) is 5.11 Å². The first kappa shape index (κ1) is 10.0. The molecule has 12 heavy (non-hydrogen) atoms. The van der Waals surface area contributed by atoms with Crippen LogP contribution in [0.1, 0.15) is 45.4 Å². The molecule has 2 nitrogen and oxygen atoms in total. The van der Waals surface area contributed by atoms with E-state index in [1.54, 1.807) is 0 Å². The van der Waals surface area contributed by atoms with Gasteiger partial charge in [-0.1, -0.05) is 19.8 Å². The molecule has 0 unspecified atom stereocenters. The van der Waals surface area contributed by atoms with Crippen molar-refractivity contribution >= 4 is 0 Å². The summed E-state index contributed by atoms with van der Waals surface area (Å²) in [4.78, 5) is 0. The van der Waals surface area contributed by atoms with Crippen molar-refractivity contribution in [2.45, 2.75) is 51.0 Å². The minimum Gasteiger partial charge on any atom is -0.396 e. The van der Waals surface area contributed by atoms with Crippen LogP contribution in [0.4, 0.5) is 0 Å². The lowest BCUT2D eigenvalue weighted by atomic mass is 9.75. The van der Waals surface area contributed by atoms with Crippen molar-refractivity contribution in [3.8, 4) is 0 Å². The standard InChI is InChI=1S/C10H20O2/c1-9-5-2-3-6-10(9,12)7-4-8-11/h9,11-12H,2-8H2,1H3/t9-,10-/m0/s1/i12+2. The van der Waals surface area contributed by atoms with Crippen LogP contribution in [0.2, 0.25) is 0 Å². The molecule has 0 saturated heterocycles. The van der Waals surface area contributed by atoms with Crippen molar-refractivity contribution in [2.75, 3.05) is 6.61 Å². The Balaban J connectivity index is 2.42. The summed E-state index contributed by atoms with van der Waals surface area (Å²) in [6.07, 6.45) is 5.97. The van der Waals surface area contributed by atoms with Gasteiger partial charge in [-0.2, -0.15) is 0 Å². The highest BCUT2D eigenvalue weighted by molar-refractivity contribution is 4.87. The zero-order valence-corrected chi connectivity index (χ0v) is 7.92. The van der Waals surface area contributed by atoms with Gasteiger partial charge in [0, 0.05) is 6.61 Å². The maximum atomic E-state index is 10.2. The van der Waals surface area contributed by atoms with Gasteiger partial charge >= 0.3 is 0 Å². The second-order valence-electron chi connectivity index (χ2n) is 4.08. The Kier molecular flexibility index (Phi) is 3.53. The first-order valence-electron chi connectivity index (χ1n) is 5.02. The fourth-order valence-electron chi connectivity index (χ4n) is 2.15. The highest BCUT2D eigenvalue weighted by Crippen LogP contribution is 2.36. The van der Waals surface area contributed by atoms with Crippen LogP contribution in [0.3, 0.4) is 0 Å². The molecular weight excluding hydrogens is 154 g/mol. The van der Waals surface area contributed by atoms with E-state index in [1.807, 2.05) is 0 Å². The van der Waals surface area contributed by atoms with Gasteiger partial charge < -0.3 is 10.2 Å². The Bertz CT molecular complexity index is 136. The van der Waals surface area contributed by atoms with Crippen molar-refractivity contribution in [3.63, 3.8) is 0 Å². The van der Waals surface area contributed by atoms with E-state index < -0.39 is 5.60 Å². The Labute approximate surface area is 74.6 Å². The SMILES string of the molecule is C[C@H]1CCCC[C@]1([18OH])CCCO. The van der Waals surface area contributed by atoms with Gasteiger partial charge in [0.05, 0.1) is 5.60 Å². The molecule has 0 aromatic rings. The summed E-state index contributed by atoms with van der Waals surface area (Å²) in [5.74, 6) is 0.415. The van der Waals surface area contributed by atoms with Gasteiger partial charge in [-0.15, -0.1) is 0 Å². The summed E-state index contributed by atoms with van der Waals surface area (Å²) in [6, 6.07) is 0. The lowest BCUT2D eigenvalue weighted by Crippen LogP contribution is -2.39. The average Bonchev–Trinajstić information content (AvgIpc) is 2.07. The minimum atomic E-state index is -0.471. The van der Waals surface area contributed by atoms with Crippen LogP contribution in [-0.2, 0) is 0 Å². The zero-order valence-electron chi connectivity index (χ0n) is 7.92. The zero-order chi connectivity index (χ0) is 9.03. The first-order chi connectivity index (χ1) is 5.69. The molecule has 0 aromatic heterocycles. The minimum absolute atomic E-state index is 0.203. The molecule has 0 heterocycles. The lowest BCUT2D eigenvalue weighted by molar-refractivity contribution is -0.0515. The third-order valence-electron chi connectivity index (χ3n) is 3.18. The number of aliphatic hydroxyl groups is 2. The van der Waals surface area contributed by atoms with Crippen LogP contribution in [-0.4, -0.2) is 22.4 Å². The molecule has 72 valence electrons. The van der Waals surface area contributed by atoms with Crippen molar-refractivity contribution < 1.29 is 10.2 Å². The molecule has 2 heteroatoms. The summed E-state index contributed by atoms with van der Waals surface area (Å²) in [7, 11) is 0. The molecular formula is C10H20O2. The average molecular weight is 174 g/mol. The second kappa shape index (κ2) is 4.24. The summed E-state index contributed by atoms with van der Waals surface area (Å²) in [5.41, 5.74) is -0.471. The number of hydrogen-bond acceptors (Lipinski definition) is 2. The molecule has 1 aliphatic rings. The summed E-state index contributed by atoms with van der Waals surface area (Å²) >= 11 is 0. The Morgan fingerprint density at radius 1 is 1.50 bits per heavy atom. The molecule has 0 aromatic carbocycles. The topological polar surface area (TPSA) is 40.5 Å². The Morgan fingerprint density at radius 2 is 2.25 bits per heavy atom. The molecule has 2 atom stereocenters. The van der Waals surface area contributed by atoms with Gasteiger partial charge in [0.25, 0.3) is 0 Å². The first-order valence-corrected chi connectivity index (χ1v) is 5.02. The highest BCUT2D eigenvalue weighted by Gasteiger charge is 2.34.